The Balaban J connectivity index is 4.61. The highest BCUT2D eigenvalue weighted by molar-refractivity contribution is 5.71. The molecule has 2 amide bonds. The van der Waals surface area contributed by atoms with Crippen LogP contribution in [0, 0.1) is 0 Å². The number of rotatable bonds is 7. The Morgan fingerprint density at radius 1 is 0.875 bits per heavy atom. The molecule has 0 fully saturated rings. The number of carboxylic acids is 1. The lowest BCUT2D eigenvalue weighted by Crippen LogP contribution is -2.50. The van der Waals surface area contributed by atoms with Crippen molar-refractivity contribution in [1.82, 2.24) is 10.6 Å². The van der Waals surface area contributed by atoms with E-state index in [-0.39, 0.29) is 6.42 Å². The van der Waals surface area contributed by atoms with Gasteiger partial charge in [-0.2, -0.15) is 0 Å². The van der Waals surface area contributed by atoms with E-state index in [0.29, 0.717) is 19.3 Å². The van der Waals surface area contributed by atoms with Crippen molar-refractivity contribution >= 4 is 18.2 Å². The lowest BCUT2D eigenvalue weighted by atomic mass is 10.1. The average Bonchev–Trinajstić information content (AvgIpc) is 2.28. The van der Waals surface area contributed by atoms with Crippen LogP contribution in [0.15, 0.2) is 0 Å². The monoisotopic (exact) mass is 346 g/mol. The van der Waals surface area contributed by atoms with Crippen molar-refractivity contribution in [3.8, 4) is 0 Å². The zero-order valence-electron chi connectivity index (χ0n) is 15.4. The van der Waals surface area contributed by atoms with Gasteiger partial charge in [0, 0.05) is 6.42 Å². The first-order chi connectivity index (χ1) is 10.8. The molecule has 8 heteroatoms. The van der Waals surface area contributed by atoms with E-state index in [1.54, 1.807) is 41.5 Å². The van der Waals surface area contributed by atoms with Gasteiger partial charge in [-0.05, 0) is 60.8 Å². The minimum atomic E-state index is -0.883. The zero-order chi connectivity index (χ0) is 19.0. The Morgan fingerprint density at radius 2 is 1.29 bits per heavy atom. The van der Waals surface area contributed by atoms with E-state index in [1.165, 1.54) is 0 Å². The van der Waals surface area contributed by atoms with Crippen LogP contribution in [0.4, 0.5) is 9.59 Å². The Morgan fingerprint density at radius 3 is 1.62 bits per heavy atom. The van der Waals surface area contributed by atoms with E-state index < -0.39 is 35.5 Å². The second-order valence-electron chi connectivity index (χ2n) is 7.48. The molecular weight excluding hydrogens is 316 g/mol. The van der Waals surface area contributed by atoms with E-state index in [1.807, 2.05) is 0 Å². The third-order valence-corrected chi connectivity index (χ3v) is 2.52. The molecule has 0 aromatic rings. The number of hydrogen-bond donors (Lipinski definition) is 3. The minimum absolute atomic E-state index is 0.0333. The van der Waals surface area contributed by atoms with Gasteiger partial charge in [-0.25, -0.2) is 9.59 Å². The standard InChI is InChI=1S/C16H30N2O6/c1-15(2,3)23-13(21)17-11(9-7-8-10-12(19)20)18-14(22)24-16(4,5)6/h11H,7-10H2,1-6H3,(H,17,21)(H,18,22)(H,19,20). The van der Waals surface area contributed by atoms with Crippen LogP contribution in [0.25, 0.3) is 0 Å². The smallest absolute Gasteiger partial charge is 0.409 e. The van der Waals surface area contributed by atoms with Crippen molar-refractivity contribution < 1.29 is 29.0 Å². The predicted octanol–water partition coefficient (Wildman–Crippen LogP) is 3.01. The fourth-order valence-corrected chi connectivity index (χ4v) is 1.70. The molecule has 24 heavy (non-hydrogen) atoms. The van der Waals surface area contributed by atoms with E-state index in [0.717, 1.165) is 0 Å². The molecule has 0 saturated heterocycles. The van der Waals surface area contributed by atoms with E-state index in [2.05, 4.69) is 10.6 Å². The summed E-state index contributed by atoms with van der Waals surface area (Å²) in [4.78, 5) is 34.2. The first-order valence-corrected chi connectivity index (χ1v) is 7.99. The van der Waals surface area contributed by atoms with Gasteiger partial charge in [0.2, 0.25) is 0 Å². The fourth-order valence-electron chi connectivity index (χ4n) is 1.70. The minimum Gasteiger partial charge on any atom is -0.481 e. The summed E-state index contributed by atoms with van der Waals surface area (Å²) in [5.41, 5.74) is -1.33. The zero-order valence-corrected chi connectivity index (χ0v) is 15.4. The maximum atomic E-state index is 11.9. The summed E-state index contributed by atoms with van der Waals surface area (Å²) < 4.78 is 10.3. The predicted molar refractivity (Wildman–Crippen MR) is 88.6 cm³/mol. The number of hydrogen-bond acceptors (Lipinski definition) is 5. The molecule has 0 aromatic carbocycles. The molecule has 3 N–H and O–H groups in total. The molecule has 8 nitrogen and oxygen atoms in total. The largest absolute Gasteiger partial charge is 0.481 e. The lowest BCUT2D eigenvalue weighted by Gasteiger charge is -2.26. The summed E-state index contributed by atoms with van der Waals surface area (Å²) in [5, 5.41) is 13.8. The quantitative estimate of drug-likeness (QED) is 0.482. The molecule has 0 heterocycles. The number of carbonyl (C=O) groups excluding carboxylic acids is 2. The second kappa shape index (κ2) is 9.34. The van der Waals surface area contributed by atoms with Gasteiger partial charge < -0.3 is 25.2 Å². The lowest BCUT2D eigenvalue weighted by molar-refractivity contribution is -0.137. The summed E-state index contributed by atoms with van der Waals surface area (Å²) in [5.74, 6) is -0.883. The summed E-state index contributed by atoms with van der Waals surface area (Å²) in [6.07, 6.45) is -0.676. The Bertz CT molecular complexity index is 407. The van der Waals surface area contributed by atoms with Gasteiger partial charge >= 0.3 is 18.2 Å². The van der Waals surface area contributed by atoms with Gasteiger partial charge in [0.05, 0.1) is 0 Å². The Labute approximate surface area is 143 Å². The average molecular weight is 346 g/mol. The number of amides is 2. The molecule has 0 aliphatic rings. The molecule has 0 rings (SSSR count). The van der Waals surface area contributed by atoms with Gasteiger partial charge in [0.15, 0.2) is 0 Å². The highest BCUT2D eigenvalue weighted by atomic mass is 16.6. The van der Waals surface area contributed by atoms with Crippen molar-refractivity contribution in [1.29, 1.82) is 0 Å². The summed E-state index contributed by atoms with van der Waals surface area (Å²) in [6.45, 7) is 10.4. The van der Waals surface area contributed by atoms with Gasteiger partial charge in [-0.15, -0.1) is 0 Å². The van der Waals surface area contributed by atoms with Crippen LogP contribution >= 0.6 is 0 Å². The summed E-state index contributed by atoms with van der Waals surface area (Å²) in [7, 11) is 0. The van der Waals surface area contributed by atoms with Crippen molar-refractivity contribution in [2.24, 2.45) is 0 Å². The molecule has 0 saturated carbocycles. The molecule has 0 bridgehead atoms. The van der Waals surface area contributed by atoms with Crippen LogP contribution in [0.2, 0.25) is 0 Å². The molecule has 0 unspecified atom stereocenters. The van der Waals surface area contributed by atoms with E-state index >= 15 is 0 Å². The van der Waals surface area contributed by atoms with Crippen molar-refractivity contribution in [2.75, 3.05) is 0 Å². The highest BCUT2D eigenvalue weighted by Gasteiger charge is 2.23. The van der Waals surface area contributed by atoms with E-state index in [9.17, 15) is 14.4 Å². The van der Waals surface area contributed by atoms with E-state index in [4.69, 9.17) is 14.6 Å². The maximum absolute atomic E-state index is 11.9. The van der Waals surface area contributed by atoms with Crippen molar-refractivity contribution in [3.05, 3.63) is 0 Å². The molecule has 0 radical (unpaired) electrons. The SMILES string of the molecule is CC(C)(C)OC(=O)NC(CCCCC(=O)O)NC(=O)OC(C)(C)C. The van der Waals surface area contributed by atoms with Gasteiger partial charge in [0.1, 0.15) is 17.4 Å². The first kappa shape index (κ1) is 22.0. The maximum Gasteiger partial charge on any atom is 0.409 e. The molecule has 0 spiro atoms. The fraction of sp³-hybridized carbons (Fsp3) is 0.812. The molecule has 0 aromatic heterocycles. The van der Waals surface area contributed by atoms with Crippen LogP contribution in [-0.4, -0.2) is 40.6 Å². The first-order valence-electron chi connectivity index (χ1n) is 7.99. The van der Waals surface area contributed by atoms with Crippen molar-refractivity contribution in [2.45, 2.75) is 84.6 Å². The van der Waals surface area contributed by atoms with Crippen LogP contribution in [0.3, 0.4) is 0 Å². The van der Waals surface area contributed by atoms with Crippen LogP contribution < -0.4 is 10.6 Å². The number of unbranched alkanes of at least 4 members (excludes halogenated alkanes) is 1. The third-order valence-electron chi connectivity index (χ3n) is 2.52. The van der Waals surface area contributed by atoms with Gasteiger partial charge in [0.25, 0.3) is 0 Å². The molecule has 0 aliphatic carbocycles. The number of aliphatic carboxylic acids is 1. The number of nitrogens with one attached hydrogen (secondary N) is 2. The highest BCUT2D eigenvalue weighted by Crippen LogP contribution is 2.10. The Hall–Kier alpha value is -1.99. The Kier molecular flexibility index (Phi) is 8.57. The topological polar surface area (TPSA) is 114 Å². The molecule has 140 valence electrons. The number of alkyl carbamates (subject to hydrolysis) is 2. The molecular formula is C16H30N2O6. The van der Waals surface area contributed by atoms with Crippen LogP contribution in [-0.2, 0) is 14.3 Å². The van der Waals surface area contributed by atoms with Gasteiger partial charge in [-0.1, -0.05) is 0 Å². The number of carbonyl (C=O) groups is 3. The number of ether oxygens (including phenoxy) is 2. The second-order valence-corrected chi connectivity index (χ2v) is 7.48. The van der Waals surface area contributed by atoms with Crippen LogP contribution in [0.5, 0.6) is 0 Å². The molecule has 0 aliphatic heterocycles. The normalized spacial score (nSPS) is 11.8. The summed E-state index contributed by atoms with van der Waals surface area (Å²) >= 11 is 0. The van der Waals surface area contributed by atoms with Crippen LogP contribution in [0.1, 0.15) is 67.2 Å². The van der Waals surface area contributed by atoms with Gasteiger partial charge in [-0.3, -0.25) is 4.79 Å². The third kappa shape index (κ3) is 13.7. The molecule has 0 atom stereocenters. The number of carboxylic acid groups (broad SMARTS) is 1. The summed E-state index contributed by atoms with van der Waals surface area (Å²) in [6, 6.07) is 0. The van der Waals surface area contributed by atoms with Crippen molar-refractivity contribution in [3.63, 3.8) is 0 Å².